The van der Waals surface area contributed by atoms with Gasteiger partial charge in [0.15, 0.2) is 5.76 Å². The smallest absolute Gasteiger partial charge is 0.291 e. The van der Waals surface area contributed by atoms with Gasteiger partial charge in [0.2, 0.25) is 0 Å². The average Bonchev–Trinajstić information content (AvgIpc) is 3.18. The van der Waals surface area contributed by atoms with Crippen LogP contribution in [0.2, 0.25) is 0 Å². The first-order chi connectivity index (χ1) is 12.7. The number of carbonyl (C=O) groups is 1. The second-order valence-corrected chi connectivity index (χ2v) is 6.23. The maximum atomic E-state index is 12.0. The number of pyridine rings is 1. The van der Waals surface area contributed by atoms with Crippen molar-refractivity contribution in [1.82, 2.24) is 9.88 Å². The summed E-state index contributed by atoms with van der Waals surface area (Å²) in [5, 5.41) is 12.6. The molecule has 8 nitrogen and oxygen atoms in total. The molecule has 3 heterocycles. The van der Waals surface area contributed by atoms with Crippen LogP contribution < -0.4 is 10.2 Å². The van der Waals surface area contributed by atoms with Gasteiger partial charge in [-0.2, -0.15) is 0 Å². The molecule has 1 aliphatic rings. The van der Waals surface area contributed by atoms with Crippen LogP contribution in [0.25, 0.3) is 0 Å². The molecule has 0 spiro atoms. The molecule has 2 aromatic heterocycles. The van der Waals surface area contributed by atoms with E-state index < -0.39 is 6.10 Å². The van der Waals surface area contributed by atoms with E-state index in [1.54, 1.807) is 25.4 Å². The van der Waals surface area contributed by atoms with Gasteiger partial charge >= 0.3 is 0 Å². The van der Waals surface area contributed by atoms with Crippen LogP contribution in [0.5, 0.6) is 0 Å². The zero-order valence-electron chi connectivity index (χ0n) is 14.8. The summed E-state index contributed by atoms with van der Waals surface area (Å²) in [4.78, 5) is 20.8. The van der Waals surface area contributed by atoms with E-state index in [9.17, 15) is 9.90 Å². The summed E-state index contributed by atoms with van der Waals surface area (Å²) in [5.74, 6) is 0.840. The molecule has 2 aromatic rings. The number of furan rings is 1. The topological polar surface area (TPSA) is 91.1 Å². The molecule has 140 valence electrons. The number of β-amino-alcohol motifs (C(OH)–C–C–N with tert-alkyl or cyclic N) is 1. The predicted octanol–water partition coefficient (Wildman–Crippen LogP) is 1.06. The second-order valence-electron chi connectivity index (χ2n) is 6.23. The molecule has 0 aromatic carbocycles. The van der Waals surface area contributed by atoms with Gasteiger partial charge in [-0.15, -0.1) is 0 Å². The van der Waals surface area contributed by atoms with E-state index in [0.29, 0.717) is 18.8 Å². The molecule has 1 unspecified atom stereocenters. The Bertz CT molecular complexity index is 682. The van der Waals surface area contributed by atoms with Crippen LogP contribution in [-0.4, -0.2) is 73.4 Å². The van der Waals surface area contributed by atoms with Gasteiger partial charge in [-0.1, -0.05) is 0 Å². The van der Waals surface area contributed by atoms with Crippen molar-refractivity contribution in [2.75, 3.05) is 56.7 Å². The molecule has 1 atom stereocenters. The lowest BCUT2D eigenvalue weighted by molar-refractivity contribution is 0.0365. The number of hydrogen-bond donors (Lipinski definition) is 2. The summed E-state index contributed by atoms with van der Waals surface area (Å²) in [6, 6.07) is 7.01. The standard InChI is InChI=1S/C18H24N4O4/c1-25-13-15(23)12-21-6-8-22(9-7-21)17-5-4-14(11-19-17)20-18(24)16-3-2-10-26-16/h2-5,10-11,15,23H,6-9,12-13H2,1H3,(H,20,24). The van der Waals surface area contributed by atoms with Gasteiger partial charge in [-0.25, -0.2) is 4.98 Å². The molecular formula is C18H24N4O4. The fourth-order valence-electron chi connectivity index (χ4n) is 2.95. The van der Waals surface area contributed by atoms with Crippen LogP contribution in [-0.2, 0) is 4.74 Å². The number of hydrogen-bond acceptors (Lipinski definition) is 7. The lowest BCUT2D eigenvalue weighted by Gasteiger charge is -2.36. The van der Waals surface area contributed by atoms with Crippen molar-refractivity contribution in [1.29, 1.82) is 0 Å². The summed E-state index contributed by atoms with van der Waals surface area (Å²) in [6.45, 7) is 4.37. The fraction of sp³-hybridized carbons (Fsp3) is 0.444. The Kier molecular flexibility index (Phi) is 6.21. The normalized spacial score (nSPS) is 16.5. The number of methoxy groups -OCH3 is 1. The third-order valence-corrected chi connectivity index (χ3v) is 4.27. The van der Waals surface area contributed by atoms with Crippen LogP contribution in [0.1, 0.15) is 10.6 Å². The largest absolute Gasteiger partial charge is 0.459 e. The number of aliphatic hydroxyl groups is 1. The summed E-state index contributed by atoms with van der Waals surface area (Å²) < 4.78 is 10.0. The van der Waals surface area contributed by atoms with E-state index in [4.69, 9.17) is 9.15 Å². The second kappa shape index (κ2) is 8.79. The van der Waals surface area contributed by atoms with E-state index in [1.165, 1.54) is 6.26 Å². The molecule has 0 radical (unpaired) electrons. The Morgan fingerprint density at radius 3 is 2.77 bits per heavy atom. The van der Waals surface area contributed by atoms with Crippen molar-refractivity contribution in [3.63, 3.8) is 0 Å². The highest BCUT2D eigenvalue weighted by molar-refractivity contribution is 6.02. The molecule has 8 heteroatoms. The number of piperazine rings is 1. The number of ether oxygens (including phenoxy) is 1. The monoisotopic (exact) mass is 360 g/mol. The van der Waals surface area contributed by atoms with E-state index in [-0.39, 0.29) is 11.7 Å². The van der Waals surface area contributed by atoms with Crippen molar-refractivity contribution in [3.05, 3.63) is 42.5 Å². The number of anilines is 2. The Labute approximate surface area is 152 Å². The molecular weight excluding hydrogens is 336 g/mol. The average molecular weight is 360 g/mol. The summed E-state index contributed by atoms with van der Waals surface area (Å²) in [6.07, 6.45) is 2.65. The highest BCUT2D eigenvalue weighted by Gasteiger charge is 2.20. The van der Waals surface area contributed by atoms with Crippen molar-refractivity contribution in [2.24, 2.45) is 0 Å². The summed E-state index contributed by atoms with van der Waals surface area (Å²) in [5.41, 5.74) is 0.622. The minimum Gasteiger partial charge on any atom is -0.459 e. The van der Waals surface area contributed by atoms with Crippen LogP contribution in [0.4, 0.5) is 11.5 Å². The Balaban J connectivity index is 1.49. The van der Waals surface area contributed by atoms with E-state index >= 15 is 0 Å². The first kappa shape index (κ1) is 18.4. The number of nitrogens with zero attached hydrogens (tertiary/aromatic N) is 3. The molecule has 3 rings (SSSR count). The highest BCUT2D eigenvalue weighted by atomic mass is 16.5. The van der Waals surface area contributed by atoms with Gasteiger partial charge in [0.25, 0.3) is 5.91 Å². The fourth-order valence-corrected chi connectivity index (χ4v) is 2.95. The molecule has 0 saturated carbocycles. The molecule has 0 bridgehead atoms. The van der Waals surface area contributed by atoms with Gasteiger partial charge in [-0.3, -0.25) is 9.69 Å². The van der Waals surface area contributed by atoms with Crippen LogP contribution in [0.15, 0.2) is 41.1 Å². The zero-order chi connectivity index (χ0) is 18.4. The Morgan fingerprint density at radius 2 is 2.15 bits per heavy atom. The first-order valence-corrected chi connectivity index (χ1v) is 8.61. The van der Waals surface area contributed by atoms with Crippen LogP contribution in [0, 0.1) is 0 Å². The van der Waals surface area contributed by atoms with E-state index in [0.717, 1.165) is 32.0 Å². The van der Waals surface area contributed by atoms with Crippen LogP contribution >= 0.6 is 0 Å². The number of nitrogens with one attached hydrogen (secondary N) is 1. The lowest BCUT2D eigenvalue weighted by Crippen LogP contribution is -2.49. The number of aliphatic hydroxyl groups excluding tert-OH is 1. The van der Waals surface area contributed by atoms with Gasteiger partial charge in [0.1, 0.15) is 5.82 Å². The first-order valence-electron chi connectivity index (χ1n) is 8.61. The van der Waals surface area contributed by atoms with Crippen molar-refractivity contribution < 1.29 is 19.1 Å². The van der Waals surface area contributed by atoms with Crippen LogP contribution in [0.3, 0.4) is 0 Å². The Morgan fingerprint density at radius 1 is 1.35 bits per heavy atom. The maximum Gasteiger partial charge on any atom is 0.291 e. The SMILES string of the molecule is COCC(O)CN1CCN(c2ccc(NC(=O)c3ccco3)cn2)CC1. The molecule has 1 fully saturated rings. The quantitative estimate of drug-likeness (QED) is 0.763. The molecule has 26 heavy (non-hydrogen) atoms. The zero-order valence-corrected chi connectivity index (χ0v) is 14.8. The van der Waals surface area contributed by atoms with Crippen molar-refractivity contribution in [2.45, 2.75) is 6.10 Å². The minimum atomic E-state index is -0.457. The molecule has 1 saturated heterocycles. The number of rotatable bonds is 7. The van der Waals surface area contributed by atoms with Gasteiger partial charge in [0, 0.05) is 39.8 Å². The Hall–Kier alpha value is -2.42. The van der Waals surface area contributed by atoms with Crippen molar-refractivity contribution >= 4 is 17.4 Å². The van der Waals surface area contributed by atoms with Gasteiger partial charge in [0.05, 0.1) is 30.9 Å². The molecule has 1 aliphatic heterocycles. The number of aromatic nitrogens is 1. The minimum absolute atomic E-state index is 0.265. The molecule has 2 N–H and O–H groups in total. The third-order valence-electron chi connectivity index (χ3n) is 4.27. The molecule has 0 aliphatic carbocycles. The van der Waals surface area contributed by atoms with Gasteiger partial charge < -0.3 is 24.5 Å². The third kappa shape index (κ3) is 4.81. The molecule has 1 amide bonds. The predicted molar refractivity (Wildman–Crippen MR) is 97.4 cm³/mol. The lowest BCUT2D eigenvalue weighted by atomic mass is 10.2. The summed E-state index contributed by atoms with van der Waals surface area (Å²) in [7, 11) is 1.59. The van der Waals surface area contributed by atoms with E-state index in [1.807, 2.05) is 12.1 Å². The number of amides is 1. The van der Waals surface area contributed by atoms with E-state index in [2.05, 4.69) is 20.1 Å². The highest BCUT2D eigenvalue weighted by Crippen LogP contribution is 2.17. The number of carbonyl (C=O) groups excluding carboxylic acids is 1. The van der Waals surface area contributed by atoms with Crippen molar-refractivity contribution in [3.8, 4) is 0 Å². The summed E-state index contributed by atoms with van der Waals surface area (Å²) >= 11 is 0. The van der Waals surface area contributed by atoms with Gasteiger partial charge in [-0.05, 0) is 24.3 Å². The maximum absolute atomic E-state index is 12.0.